The summed E-state index contributed by atoms with van der Waals surface area (Å²) in [6, 6.07) is 4.70. The zero-order chi connectivity index (χ0) is 20.5. The molecule has 148 valence electrons. The van der Waals surface area contributed by atoms with Gasteiger partial charge in [-0.1, -0.05) is 15.9 Å². The summed E-state index contributed by atoms with van der Waals surface area (Å²) in [4.78, 5) is 3.56. The van der Waals surface area contributed by atoms with Crippen LogP contribution in [0.1, 0.15) is 5.56 Å². The largest absolute Gasteiger partial charge is 0.433 e. The fourth-order valence-electron chi connectivity index (χ4n) is 2.49. The van der Waals surface area contributed by atoms with Gasteiger partial charge in [0.1, 0.15) is 24.3 Å². The number of halogens is 6. The van der Waals surface area contributed by atoms with Gasteiger partial charge in [-0.05, 0) is 30.3 Å². The summed E-state index contributed by atoms with van der Waals surface area (Å²) in [6.45, 7) is -1.01. The summed E-state index contributed by atoms with van der Waals surface area (Å²) in [7, 11) is 0. The van der Waals surface area contributed by atoms with Crippen LogP contribution in [0.2, 0.25) is 0 Å². The molecule has 0 bridgehead atoms. The molecule has 1 heterocycles. The van der Waals surface area contributed by atoms with Crippen molar-refractivity contribution in [2.24, 2.45) is 0 Å². The van der Waals surface area contributed by atoms with Gasteiger partial charge in [0.05, 0.1) is 6.54 Å². The van der Waals surface area contributed by atoms with E-state index in [9.17, 15) is 18.3 Å². The molecular weight excluding hydrogens is 453 g/mol. The first-order chi connectivity index (χ1) is 13.1. The molecule has 0 aliphatic carbocycles. The molecular formula is C17H11BrF5N3O2. The third-order valence-electron chi connectivity index (χ3n) is 3.85. The fourth-order valence-corrected chi connectivity index (χ4v) is 2.82. The molecule has 5 nitrogen and oxygen atoms in total. The molecule has 0 amide bonds. The quantitative estimate of drug-likeness (QED) is 0.561. The first-order valence-corrected chi connectivity index (χ1v) is 8.44. The van der Waals surface area contributed by atoms with E-state index >= 15 is 8.78 Å². The van der Waals surface area contributed by atoms with Crippen LogP contribution in [0.5, 0.6) is 5.75 Å². The highest BCUT2D eigenvalue weighted by atomic mass is 79.9. The van der Waals surface area contributed by atoms with Crippen LogP contribution in [-0.4, -0.2) is 26.0 Å². The summed E-state index contributed by atoms with van der Waals surface area (Å²) >= 11 is 2.97. The van der Waals surface area contributed by atoms with E-state index < -0.39 is 47.0 Å². The Bertz CT molecular complexity index is 987. The number of ether oxygens (including phenoxy) is 1. The molecule has 1 N–H and O–H groups in total. The van der Waals surface area contributed by atoms with Crippen LogP contribution in [0.25, 0.3) is 0 Å². The Morgan fingerprint density at radius 1 is 1.07 bits per heavy atom. The molecule has 1 unspecified atom stereocenters. The van der Waals surface area contributed by atoms with Crippen molar-refractivity contribution in [3.05, 3.63) is 76.5 Å². The van der Waals surface area contributed by atoms with Crippen LogP contribution in [-0.2, 0) is 12.1 Å². The second-order valence-corrected chi connectivity index (χ2v) is 6.69. The number of alkyl halides is 2. The minimum absolute atomic E-state index is 0.267. The highest BCUT2D eigenvalue weighted by Gasteiger charge is 2.59. The van der Waals surface area contributed by atoms with Crippen molar-refractivity contribution in [3.63, 3.8) is 0 Å². The number of aliphatic hydroxyl groups is 1. The zero-order valence-electron chi connectivity index (χ0n) is 13.8. The Labute approximate surface area is 163 Å². The molecule has 0 saturated carbocycles. The van der Waals surface area contributed by atoms with Gasteiger partial charge in [0.15, 0.2) is 11.6 Å². The van der Waals surface area contributed by atoms with Crippen molar-refractivity contribution >= 4 is 15.9 Å². The molecule has 1 atom stereocenters. The van der Waals surface area contributed by atoms with Crippen LogP contribution >= 0.6 is 15.9 Å². The Kier molecular flexibility index (Phi) is 5.39. The molecule has 28 heavy (non-hydrogen) atoms. The summed E-state index contributed by atoms with van der Waals surface area (Å²) in [5.74, 6) is -4.50. The average molecular weight is 464 g/mol. The molecule has 0 fully saturated rings. The van der Waals surface area contributed by atoms with Crippen molar-refractivity contribution in [1.82, 2.24) is 14.8 Å². The first-order valence-electron chi connectivity index (χ1n) is 7.64. The predicted octanol–water partition coefficient (Wildman–Crippen LogP) is 4.02. The predicted molar refractivity (Wildman–Crippen MR) is 90.0 cm³/mol. The van der Waals surface area contributed by atoms with E-state index in [-0.39, 0.29) is 4.47 Å². The van der Waals surface area contributed by atoms with Gasteiger partial charge in [-0.3, -0.25) is 0 Å². The van der Waals surface area contributed by atoms with Gasteiger partial charge in [0.25, 0.3) is 0 Å². The maximum atomic E-state index is 15.0. The van der Waals surface area contributed by atoms with Gasteiger partial charge in [0, 0.05) is 16.1 Å². The van der Waals surface area contributed by atoms with Crippen molar-refractivity contribution in [2.75, 3.05) is 0 Å². The van der Waals surface area contributed by atoms with Gasteiger partial charge in [0.2, 0.25) is 5.60 Å². The summed E-state index contributed by atoms with van der Waals surface area (Å²) in [5.41, 5.74) is -4.34. The molecule has 0 aliphatic heterocycles. The Morgan fingerprint density at radius 2 is 1.82 bits per heavy atom. The van der Waals surface area contributed by atoms with Crippen LogP contribution in [0.15, 0.2) is 53.5 Å². The molecule has 0 spiro atoms. The number of hydrogen-bond donors (Lipinski definition) is 1. The van der Waals surface area contributed by atoms with Crippen molar-refractivity contribution in [1.29, 1.82) is 0 Å². The van der Waals surface area contributed by atoms with E-state index in [1.165, 1.54) is 6.07 Å². The monoisotopic (exact) mass is 463 g/mol. The number of benzene rings is 2. The maximum absolute atomic E-state index is 15.0. The molecule has 0 saturated heterocycles. The summed E-state index contributed by atoms with van der Waals surface area (Å²) < 4.78 is 77.0. The van der Waals surface area contributed by atoms with Crippen LogP contribution in [0.4, 0.5) is 22.0 Å². The summed E-state index contributed by atoms with van der Waals surface area (Å²) in [6.07, 6.45) is -2.54. The highest BCUT2D eigenvalue weighted by Crippen LogP contribution is 2.42. The second kappa shape index (κ2) is 7.47. The van der Waals surface area contributed by atoms with E-state index in [2.05, 4.69) is 30.7 Å². The minimum Gasteiger partial charge on any atom is -0.427 e. The molecule has 3 rings (SSSR count). The van der Waals surface area contributed by atoms with Crippen molar-refractivity contribution < 1.29 is 31.8 Å². The SMILES string of the molecule is OC(Cn1cncn1)(c1ccc(F)cc1F)C(F)(F)Oc1ccc(Br)cc1F. The molecule has 0 aliphatic rings. The van der Waals surface area contributed by atoms with E-state index in [4.69, 9.17) is 0 Å². The smallest absolute Gasteiger partial charge is 0.427 e. The normalized spacial score (nSPS) is 14.0. The van der Waals surface area contributed by atoms with Crippen LogP contribution < -0.4 is 4.74 Å². The van der Waals surface area contributed by atoms with Gasteiger partial charge in [-0.2, -0.15) is 13.9 Å². The van der Waals surface area contributed by atoms with Crippen LogP contribution in [0, 0.1) is 17.5 Å². The van der Waals surface area contributed by atoms with E-state index in [1.807, 2.05) is 0 Å². The lowest BCUT2D eigenvalue weighted by atomic mass is 9.91. The van der Waals surface area contributed by atoms with Gasteiger partial charge in [-0.25, -0.2) is 22.8 Å². The van der Waals surface area contributed by atoms with Gasteiger partial charge >= 0.3 is 6.11 Å². The molecule has 3 aromatic rings. The number of rotatable bonds is 6. The Morgan fingerprint density at radius 3 is 2.43 bits per heavy atom. The van der Waals surface area contributed by atoms with E-state index in [1.54, 1.807) is 0 Å². The number of nitrogens with zero attached hydrogens (tertiary/aromatic N) is 3. The van der Waals surface area contributed by atoms with Gasteiger partial charge in [-0.15, -0.1) is 0 Å². The zero-order valence-corrected chi connectivity index (χ0v) is 15.4. The lowest BCUT2D eigenvalue weighted by Crippen LogP contribution is -2.53. The topological polar surface area (TPSA) is 60.2 Å². The molecule has 0 radical (unpaired) electrons. The van der Waals surface area contributed by atoms with Gasteiger partial charge < -0.3 is 9.84 Å². The minimum atomic E-state index is -4.55. The third-order valence-corrected chi connectivity index (χ3v) is 4.34. The lowest BCUT2D eigenvalue weighted by Gasteiger charge is -2.35. The van der Waals surface area contributed by atoms with Crippen molar-refractivity contribution in [2.45, 2.75) is 18.3 Å². The van der Waals surface area contributed by atoms with Crippen LogP contribution in [0.3, 0.4) is 0 Å². The summed E-state index contributed by atoms with van der Waals surface area (Å²) in [5, 5.41) is 14.4. The van der Waals surface area contributed by atoms with E-state index in [0.29, 0.717) is 18.2 Å². The molecule has 1 aromatic heterocycles. The lowest BCUT2D eigenvalue weighted by molar-refractivity contribution is -0.302. The highest BCUT2D eigenvalue weighted by molar-refractivity contribution is 9.10. The average Bonchev–Trinajstić information content (AvgIpc) is 3.10. The molecule has 2 aromatic carbocycles. The van der Waals surface area contributed by atoms with E-state index in [0.717, 1.165) is 29.5 Å². The van der Waals surface area contributed by atoms with Crippen molar-refractivity contribution in [3.8, 4) is 5.75 Å². The fraction of sp³-hybridized carbons (Fsp3) is 0.176. The second-order valence-electron chi connectivity index (χ2n) is 5.77. The number of aromatic nitrogens is 3. The first kappa shape index (κ1) is 20.2. The Balaban J connectivity index is 2.08. The number of hydrogen-bond acceptors (Lipinski definition) is 4. The molecule has 11 heteroatoms. The maximum Gasteiger partial charge on any atom is 0.433 e. The third kappa shape index (κ3) is 3.85. The standard InChI is InChI=1S/C17H11BrF5N3O2/c18-10-1-4-15(14(21)5-10)28-17(22,23)16(27,7-26-9-24-8-25-26)12-3-2-11(19)6-13(12)20/h1-6,8-9,27H,7H2. The Hall–Kier alpha value is -2.53.